The topological polar surface area (TPSA) is 72.2 Å². The molecule has 1 aromatic carbocycles. The number of nitrogens with one attached hydrogen (secondary N) is 1. The predicted octanol–water partition coefficient (Wildman–Crippen LogP) is 1.77. The van der Waals surface area contributed by atoms with E-state index in [-0.39, 0.29) is 12.1 Å². The number of nitrogens with two attached hydrogens (primary N) is 1. The van der Waals surface area contributed by atoms with E-state index < -0.39 is 9.84 Å². The molecule has 2 atom stereocenters. The Bertz CT molecular complexity index is 513. The first kappa shape index (κ1) is 13.4. The summed E-state index contributed by atoms with van der Waals surface area (Å²) in [5.41, 5.74) is 6.74. The SMILES string of the molecule is CS(=O)(=O)c1ccccc1N[C@@H]1CCCC[C@H]1N. The molecule has 0 spiro atoms. The van der Waals surface area contributed by atoms with Crippen molar-refractivity contribution in [1.82, 2.24) is 0 Å². The zero-order valence-electron chi connectivity index (χ0n) is 10.6. The maximum atomic E-state index is 11.7. The van der Waals surface area contributed by atoms with Crippen LogP contribution in [-0.4, -0.2) is 26.8 Å². The average Bonchev–Trinajstić information content (AvgIpc) is 2.31. The van der Waals surface area contributed by atoms with Gasteiger partial charge in [-0.1, -0.05) is 25.0 Å². The summed E-state index contributed by atoms with van der Waals surface area (Å²) in [6.07, 6.45) is 5.53. The summed E-state index contributed by atoms with van der Waals surface area (Å²) >= 11 is 0. The van der Waals surface area contributed by atoms with Crippen LogP contribution in [-0.2, 0) is 9.84 Å². The zero-order chi connectivity index (χ0) is 13.2. The lowest BCUT2D eigenvalue weighted by Gasteiger charge is -2.30. The molecule has 3 N–H and O–H groups in total. The van der Waals surface area contributed by atoms with Gasteiger partial charge in [0.1, 0.15) is 0 Å². The van der Waals surface area contributed by atoms with Gasteiger partial charge in [-0.05, 0) is 25.0 Å². The Labute approximate surface area is 108 Å². The van der Waals surface area contributed by atoms with Crippen LogP contribution in [0, 0.1) is 0 Å². The summed E-state index contributed by atoms with van der Waals surface area (Å²) in [5, 5.41) is 3.30. The van der Waals surface area contributed by atoms with Crippen LogP contribution < -0.4 is 11.1 Å². The van der Waals surface area contributed by atoms with Gasteiger partial charge in [0, 0.05) is 18.3 Å². The molecule has 1 fully saturated rings. The number of sulfone groups is 1. The molecular weight excluding hydrogens is 248 g/mol. The van der Waals surface area contributed by atoms with Crippen molar-refractivity contribution >= 4 is 15.5 Å². The van der Waals surface area contributed by atoms with E-state index in [1.54, 1.807) is 18.2 Å². The molecule has 5 heteroatoms. The first-order valence-electron chi connectivity index (χ1n) is 6.29. The molecule has 1 aliphatic rings. The van der Waals surface area contributed by atoms with Gasteiger partial charge in [0.2, 0.25) is 0 Å². The van der Waals surface area contributed by atoms with Crippen LogP contribution in [0.3, 0.4) is 0 Å². The summed E-state index contributed by atoms with van der Waals surface area (Å²) < 4.78 is 23.4. The Kier molecular flexibility index (Phi) is 3.92. The first-order chi connectivity index (χ1) is 8.48. The van der Waals surface area contributed by atoms with Gasteiger partial charge >= 0.3 is 0 Å². The van der Waals surface area contributed by atoms with Gasteiger partial charge in [-0.3, -0.25) is 0 Å². The average molecular weight is 268 g/mol. The standard InChI is InChI=1S/C13H20N2O2S/c1-18(16,17)13-9-5-4-8-12(13)15-11-7-3-2-6-10(11)14/h4-5,8-11,15H,2-3,6-7,14H2,1H3/t10-,11-/m1/s1. The number of benzene rings is 1. The molecule has 0 unspecified atom stereocenters. The van der Waals surface area contributed by atoms with Crippen molar-refractivity contribution in [3.05, 3.63) is 24.3 Å². The minimum atomic E-state index is -3.21. The molecule has 18 heavy (non-hydrogen) atoms. The van der Waals surface area contributed by atoms with Crippen LogP contribution in [0.15, 0.2) is 29.2 Å². The normalized spacial score (nSPS) is 24.8. The Balaban J connectivity index is 2.24. The molecular formula is C13H20N2O2S. The summed E-state index contributed by atoms with van der Waals surface area (Å²) in [5.74, 6) is 0. The van der Waals surface area contributed by atoms with Gasteiger partial charge in [-0.15, -0.1) is 0 Å². The van der Waals surface area contributed by atoms with E-state index in [1.807, 2.05) is 6.07 Å². The van der Waals surface area contributed by atoms with Crippen molar-refractivity contribution in [2.24, 2.45) is 5.73 Å². The Hall–Kier alpha value is -1.07. The van der Waals surface area contributed by atoms with E-state index >= 15 is 0 Å². The number of para-hydroxylation sites is 1. The fraction of sp³-hybridized carbons (Fsp3) is 0.538. The third-order valence-electron chi connectivity index (χ3n) is 3.45. The summed E-state index contributed by atoms with van der Waals surface area (Å²) in [7, 11) is -3.21. The van der Waals surface area contributed by atoms with Gasteiger partial charge in [-0.2, -0.15) is 0 Å². The van der Waals surface area contributed by atoms with Gasteiger partial charge in [-0.25, -0.2) is 8.42 Å². The summed E-state index contributed by atoms with van der Waals surface area (Å²) in [6, 6.07) is 7.28. The molecule has 0 aliphatic heterocycles. The van der Waals surface area contributed by atoms with Crippen LogP contribution >= 0.6 is 0 Å². The predicted molar refractivity (Wildman–Crippen MR) is 73.4 cm³/mol. The van der Waals surface area contributed by atoms with E-state index in [1.165, 1.54) is 6.26 Å². The largest absolute Gasteiger partial charge is 0.380 e. The molecule has 0 aromatic heterocycles. The minimum Gasteiger partial charge on any atom is -0.380 e. The molecule has 0 saturated heterocycles. The Morgan fingerprint density at radius 3 is 2.56 bits per heavy atom. The van der Waals surface area contributed by atoms with E-state index in [2.05, 4.69) is 5.32 Å². The van der Waals surface area contributed by atoms with Gasteiger partial charge in [0.05, 0.1) is 10.6 Å². The molecule has 0 radical (unpaired) electrons. The van der Waals surface area contributed by atoms with Crippen LogP contribution in [0.25, 0.3) is 0 Å². The fourth-order valence-electron chi connectivity index (χ4n) is 2.45. The summed E-state index contributed by atoms with van der Waals surface area (Å²) in [6.45, 7) is 0. The van der Waals surface area contributed by atoms with Crippen LogP contribution in [0.1, 0.15) is 25.7 Å². The highest BCUT2D eigenvalue weighted by Gasteiger charge is 2.23. The van der Waals surface area contributed by atoms with Crippen molar-refractivity contribution in [1.29, 1.82) is 0 Å². The highest BCUT2D eigenvalue weighted by atomic mass is 32.2. The molecule has 0 amide bonds. The van der Waals surface area contributed by atoms with Gasteiger partial charge in [0.25, 0.3) is 0 Å². The number of rotatable bonds is 3. The third kappa shape index (κ3) is 3.03. The first-order valence-corrected chi connectivity index (χ1v) is 8.19. The Morgan fingerprint density at radius 1 is 1.22 bits per heavy atom. The number of anilines is 1. The molecule has 1 aromatic rings. The van der Waals surface area contributed by atoms with Crippen molar-refractivity contribution in [3.63, 3.8) is 0 Å². The highest BCUT2D eigenvalue weighted by Crippen LogP contribution is 2.25. The van der Waals surface area contributed by atoms with E-state index in [9.17, 15) is 8.42 Å². The fourth-order valence-corrected chi connectivity index (χ4v) is 3.30. The zero-order valence-corrected chi connectivity index (χ0v) is 11.4. The number of hydrogen-bond acceptors (Lipinski definition) is 4. The van der Waals surface area contributed by atoms with E-state index in [0.29, 0.717) is 10.6 Å². The van der Waals surface area contributed by atoms with E-state index in [0.717, 1.165) is 25.7 Å². The molecule has 4 nitrogen and oxygen atoms in total. The van der Waals surface area contributed by atoms with Crippen molar-refractivity contribution < 1.29 is 8.42 Å². The van der Waals surface area contributed by atoms with Crippen molar-refractivity contribution in [2.75, 3.05) is 11.6 Å². The van der Waals surface area contributed by atoms with E-state index in [4.69, 9.17) is 5.73 Å². The Morgan fingerprint density at radius 2 is 1.89 bits per heavy atom. The quantitative estimate of drug-likeness (QED) is 0.876. The molecule has 2 rings (SSSR count). The minimum absolute atomic E-state index is 0.103. The van der Waals surface area contributed by atoms with Crippen molar-refractivity contribution in [2.45, 2.75) is 42.7 Å². The lowest BCUT2D eigenvalue weighted by Crippen LogP contribution is -2.42. The number of hydrogen-bond donors (Lipinski definition) is 2. The van der Waals surface area contributed by atoms with Gasteiger partial charge < -0.3 is 11.1 Å². The smallest absolute Gasteiger partial charge is 0.177 e. The third-order valence-corrected chi connectivity index (χ3v) is 4.60. The van der Waals surface area contributed by atoms with Crippen molar-refractivity contribution in [3.8, 4) is 0 Å². The maximum Gasteiger partial charge on any atom is 0.177 e. The molecule has 1 aliphatic carbocycles. The maximum absolute atomic E-state index is 11.7. The molecule has 0 heterocycles. The lowest BCUT2D eigenvalue weighted by atomic mass is 9.91. The second kappa shape index (κ2) is 5.28. The summed E-state index contributed by atoms with van der Waals surface area (Å²) in [4.78, 5) is 0.350. The molecule has 100 valence electrons. The monoisotopic (exact) mass is 268 g/mol. The molecule has 1 saturated carbocycles. The molecule has 0 bridgehead atoms. The highest BCUT2D eigenvalue weighted by molar-refractivity contribution is 7.90. The second-order valence-corrected chi connectivity index (χ2v) is 6.95. The van der Waals surface area contributed by atoms with Gasteiger partial charge in [0.15, 0.2) is 9.84 Å². The van der Waals surface area contributed by atoms with Crippen LogP contribution in [0.2, 0.25) is 0 Å². The van der Waals surface area contributed by atoms with Crippen LogP contribution in [0.4, 0.5) is 5.69 Å². The lowest BCUT2D eigenvalue weighted by molar-refractivity contribution is 0.403. The van der Waals surface area contributed by atoms with Crippen LogP contribution in [0.5, 0.6) is 0 Å². The second-order valence-electron chi connectivity index (χ2n) is 4.97.